The van der Waals surface area contributed by atoms with Crippen molar-refractivity contribution in [1.29, 1.82) is 0 Å². The van der Waals surface area contributed by atoms with E-state index in [0.29, 0.717) is 0 Å². The number of nitrogens with one attached hydrogen (secondary N) is 1. The Morgan fingerprint density at radius 1 is 1.22 bits per heavy atom. The van der Waals surface area contributed by atoms with Gasteiger partial charge in [-0.3, -0.25) is 4.79 Å². The number of carbonyl (C=O) groups excluding carboxylic acids is 1. The van der Waals surface area contributed by atoms with Crippen molar-refractivity contribution in [3.05, 3.63) is 17.7 Å². The van der Waals surface area contributed by atoms with Gasteiger partial charge in [0.25, 0.3) is 0 Å². The predicted octanol–water partition coefficient (Wildman–Crippen LogP) is 2.30. The largest absolute Gasteiger partial charge is 0.493 e. The van der Waals surface area contributed by atoms with Crippen LogP contribution in [0.25, 0.3) is 0 Å². The number of benzene rings is 1. The molecular formula is C16H21NO6. The van der Waals surface area contributed by atoms with Crippen molar-refractivity contribution >= 4 is 17.6 Å². The first-order chi connectivity index (χ1) is 11.0. The van der Waals surface area contributed by atoms with Gasteiger partial charge in [0, 0.05) is 0 Å². The molecule has 2 rings (SSSR count). The predicted molar refractivity (Wildman–Crippen MR) is 83.3 cm³/mol. The summed E-state index contributed by atoms with van der Waals surface area (Å²) in [5.41, 5.74) is 0.235. The van der Waals surface area contributed by atoms with E-state index in [1.807, 2.05) is 0 Å². The molecule has 126 valence electrons. The second-order valence-corrected chi connectivity index (χ2v) is 5.33. The minimum Gasteiger partial charge on any atom is -0.493 e. The van der Waals surface area contributed by atoms with Gasteiger partial charge in [-0.25, -0.2) is 4.79 Å². The summed E-state index contributed by atoms with van der Waals surface area (Å²) in [5, 5.41) is 11.8. The highest BCUT2D eigenvalue weighted by Gasteiger charge is 2.19. The van der Waals surface area contributed by atoms with Crippen molar-refractivity contribution in [2.75, 3.05) is 26.1 Å². The van der Waals surface area contributed by atoms with Gasteiger partial charge in [-0.05, 0) is 25.0 Å². The number of anilines is 1. The van der Waals surface area contributed by atoms with E-state index in [-0.39, 0.29) is 41.4 Å². The Hall–Kier alpha value is -2.28. The SMILES string of the molecule is COc1cc(C(=O)O)cc(NC(=O)COC2CCCC2)c1OC. The van der Waals surface area contributed by atoms with Crippen molar-refractivity contribution < 1.29 is 28.9 Å². The van der Waals surface area contributed by atoms with Gasteiger partial charge in [-0.2, -0.15) is 0 Å². The van der Waals surface area contributed by atoms with E-state index in [4.69, 9.17) is 19.3 Å². The quantitative estimate of drug-likeness (QED) is 0.799. The molecule has 1 aromatic rings. The zero-order valence-corrected chi connectivity index (χ0v) is 13.3. The van der Waals surface area contributed by atoms with Crippen LogP contribution < -0.4 is 14.8 Å². The third kappa shape index (κ3) is 4.35. The lowest BCUT2D eigenvalue weighted by atomic mass is 10.1. The van der Waals surface area contributed by atoms with Crippen LogP contribution in [0.1, 0.15) is 36.0 Å². The Kier molecular flexibility index (Phi) is 5.81. The molecule has 0 aliphatic heterocycles. The van der Waals surface area contributed by atoms with E-state index in [1.165, 1.54) is 26.4 Å². The maximum absolute atomic E-state index is 12.0. The molecule has 1 aliphatic rings. The van der Waals surface area contributed by atoms with Crippen LogP contribution in [0.3, 0.4) is 0 Å². The van der Waals surface area contributed by atoms with E-state index in [2.05, 4.69) is 5.32 Å². The highest BCUT2D eigenvalue weighted by molar-refractivity contribution is 5.97. The lowest BCUT2D eigenvalue weighted by molar-refractivity contribution is -0.122. The molecule has 0 bridgehead atoms. The second-order valence-electron chi connectivity index (χ2n) is 5.33. The van der Waals surface area contributed by atoms with Crippen LogP contribution in [0.4, 0.5) is 5.69 Å². The minimum atomic E-state index is -1.12. The van der Waals surface area contributed by atoms with Gasteiger partial charge in [-0.1, -0.05) is 12.8 Å². The Balaban J connectivity index is 2.11. The number of aromatic carboxylic acids is 1. The molecule has 1 fully saturated rings. The van der Waals surface area contributed by atoms with Crippen molar-refractivity contribution in [3.8, 4) is 11.5 Å². The third-order valence-electron chi connectivity index (χ3n) is 3.75. The zero-order valence-electron chi connectivity index (χ0n) is 13.3. The summed E-state index contributed by atoms with van der Waals surface area (Å²) in [5.74, 6) is -0.977. The van der Waals surface area contributed by atoms with Gasteiger partial charge < -0.3 is 24.6 Å². The van der Waals surface area contributed by atoms with Gasteiger partial charge in [0.2, 0.25) is 5.91 Å². The molecule has 0 radical (unpaired) electrons. The van der Waals surface area contributed by atoms with Crippen LogP contribution in [-0.2, 0) is 9.53 Å². The molecular weight excluding hydrogens is 302 g/mol. The molecule has 1 aromatic carbocycles. The number of methoxy groups -OCH3 is 2. The van der Waals surface area contributed by atoms with Gasteiger partial charge in [0.1, 0.15) is 6.61 Å². The number of carboxylic acids is 1. The number of rotatable bonds is 7. The van der Waals surface area contributed by atoms with Crippen molar-refractivity contribution in [2.24, 2.45) is 0 Å². The Labute approximate surface area is 134 Å². The Bertz CT molecular complexity index is 580. The number of hydrogen-bond donors (Lipinski definition) is 2. The smallest absolute Gasteiger partial charge is 0.335 e. The summed E-state index contributed by atoms with van der Waals surface area (Å²) < 4.78 is 15.9. The molecule has 1 amide bonds. The fourth-order valence-electron chi connectivity index (χ4n) is 2.62. The first kappa shape index (κ1) is 17.1. The lowest BCUT2D eigenvalue weighted by Crippen LogP contribution is -2.22. The van der Waals surface area contributed by atoms with E-state index < -0.39 is 5.97 Å². The molecule has 0 heterocycles. The van der Waals surface area contributed by atoms with Crippen LogP contribution in [0, 0.1) is 0 Å². The standard InChI is InChI=1S/C16H21NO6/c1-21-13-8-10(16(19)20)7-12(15(13)22-2)17-14(18)9-23-11-5-3-4-6-11/h7-8,11H,3-6,9H2,1-2H3,(H,17,18)(H,19,20). The highest BCUT2D eigenvalue weighted by atomic mass is 16.5. The number of ether oxygens (including phenoxy) is 3. The molecule has 0 aromatic heterocycles. The average Bonchev–Trinajstić information content (AvgIpc) is 3.05. The fraction of sp³-hybridized carbons (Fsp3) is 0.500. The van der Waals surface area contributed by atoms with Crippen molar-refractivity contribution in [1.82, 2.24) is 0 Å². The first-order valence-corrected chi connectivity index (χ1v) is 7.46. The average molecular weight is 323 g/mol. The van der Waals surface area contributed by atoms with E-state index in [1.54, 1.807) is 0 Å². The molecule has 0 spiro atoms. The molecule has 7 nitrogen and oxygen atoms in total. The van der Waals surface area contributed by atoms with E-state index >= 15 is 0 Å². The molecule has 1 saturated carbocycles. The lowest BCUT2D eigenvalue weighted by Gasteiger charge is -2.15. The van der Waals surface area contributed by atoms with Crippen molar-refractivity contribution in [2.45, 2.75) is 31.8 Å². The first-order valence-electron chi connectivity index (χ1n) is 7.46. The van der Waals surface area contributed by atoms with Gasteiger partial charge >= 0.3 is 5.97 Å². The molecule has 0 saturated heterocycles. The monoisotopic (exact) mass is 323 g/mol. The van der Waals surface area contributed by atoms with Crippen LogP contribution in [-0.4, -0.2) is 43.9 Å². The highest BCUT2D eigenvalue weighted by Crippen LogP contribution is 2.36. The number of carbonyl (C=O) groups is 2. The molecule has 0 atom stereocenters. The normalized spacial score (nSPS) is 14.5. The summed E-state index contributed by atoms with van der Waals surface area (Å²) >= 11 is 0. The molecule has 7 heteroatoms. The fourth-order valence-corrected chi connectivity index (χ4v) is 2.62. The number of hydrogen-bond acceptors (Lipinski definition) is 5. The maximum Gasteiger partial charge on any atom is 0.335 e. The van der Waals surface area contributed by atoms with Crippen LogP contribution in [0.15, 0.2) is 12.1 Å². The topological polar surface area (TPSA) is 94.1 Å². The summed E-state index contributed by atoms with van der Waals surface area (Å²) in [6.45, 7) is -0.0760. The van der Waals surface area contributed by atoms with Crippen LogP contribution in [0.5, 0.6) is 11.5 Å². The van der Waals surface area contributed by atoms with Crippen molar-refractivity contribution in [3.63, 3.8) is 0 Å². The Morgan fingerprint density at radius 3 is 2.48 bits per heavy atom. The number of carboxylic acid groups (broad SMARTS) is 1. The second kappa shape index (κ2) is 7.82. The third-order valence-corrected chi connectivity index (χ3v) is 3.75. The zero-order chi connectivity index (χ0) is 16.8. The van der Waals surface area contributed by atoms with Crippen LogP contribution >= 0.6 is 0 Å². The minimum absolute atomic E-state index is 0.00494. The van der Waals surface area contributed by atoms with Crippen LogP contribution in [0.2, 0.25) is 0 Å². The Morgan fingerprint density at radius 2 is 1.91 bits per heavy atom. The molecule has 0 unspecified atom stereocenters. The molecule has 2 N–H and O–H groups in total. The van der Waals surface area contributed by atoms with Gasteiger partial charge in [-0.15, -0.1) is 0 Å². The summed E-state index contributed by atoms with van der Waals surface area (Å²) in [6.07, 6.45) is 4.32. The summed E-state index contributed by atoms with van der Waals surface area (Å²) in [4.78, 5) is 23.2. The molecule has 23 heavy (non-hydrogen) atoms. The maximum atomic E-state index is 12.0. The number of amides is 1. The summed E-state index contributed by atoms with van der Waals surface area (Å²) in [6, 6.07) is 2.67. The molecule has 1 aliphatic carbocycles. The van der Waals surface area contributed by atoms with Gasteiger partial charge in [0.15, 0.2) is 11.5 Å². The van der Waals surface area contributed by atoms with E-state index in [0.717, 1.165) is 25.7 Å². The van der Waals surface area contributed by atoms with Gasteiger partial charge in [0.05, 0.1) is 31.6 Å². The van der Waals surface area contributed by atoms with E-state index in [9.17, 15) is 9.59 Å². The summed E-state index contributed by atoms with van der Waals surface area (Å²) in [7, 11) is 2.82.